The van der Waals surface area contributed by atoms with E-state index in [-0.39, 0.29) is 5.82 Å². The van der Waals surface area contributed by atoms with Gasteiger partial charge in [0.1, 0.15) is 17.2 Å². The Morgan fingerprint density at radius 3 is 2.50 bits per heavy atom. The molecule has 0 unspecified atom stereocenters. The zero-order valence-electron chi connectivity index (χ0n) is 14.3. The molecule has 24 heavy (non-hydrogen) atoms. The molecule has 3 rings (SSSR count). The van der Waals surface area contributed by atoms with Crippen molar-refractivity contribution in [1.82, 2.24) is 0 Å². The van der Waals surface area contributed by atoms with E-state index >= 15 is 0 Å². The maximum absolute atomic E-state index is 13.3. The quantitative estimate of drug-likeness (QED) is 0.811. The molecule has 2 aromatic carbocycles. The van der Waals surface area contributed by atoms with E-state index in [4.69, 9.17) is 4.74 Å². The maximum atomic E-state index is 13.3. The van der Waals surface area contributed by atoms with Gasteiger partial charge < -0.3 is 10.1 Å². The van der Waals surface area contributed by atoms with Gasteiger partial charge in [-0.2, -0.15) is 0 Å². The van der Waals surface area contributed by atoms with Crippen LogP contribution in [0.3, 0.4) is 0 Å². The molecule has 0 spiro atoms. The summed E-state index contributed by atoms with van der Waals surface area (Å²) in [5, 5.41) is 3.31. The molecule has 0 saturated carbocycles. The lowest BCUT2D eigenvalue weighted by atomic mass is 9.82. The first kappa shape index (κ1) is 16.3. The van der Waals surface area contributed by atoms with Crippen LogP contribution >= 0.6 is 0 Å². The summed E-state index contributed by atoms with van der Waals surface area (Å²) < 4.78 is 19.6. The fraction of sp³-hybridized carbons (Fsp3) is 0.238. The Bertz CT molecular complexity index is 803. The summed E-state index contributed by atoms with van der Waals surface area (Å²) in [6, 6.07) is 12.7. The summed E-state index contributed by atoms with van der Waals surface area (Å²) in [6.45, 7) is 10.9. The zero-order chi connectivity index (χ0) is 17.3. The number of halogens is 1. The molecule has 1 aliphatic heterocycles. The molecule has 0 atom stereocenters. The van der Waals surface area contributed by atoms with Crippen molar-refractivity contribution in [2.24, 2.45) is 0 Å². The molecule has 0 radical (unpaired) electrons. The van der Waals surface area contributed by atoms with Gasteiger partial charge in [-0.3, -0.25) is 0 Å². The van der Waals surface area contributed by atoms with Gasteiger partial charge in [-0.15, -0.1) is 0 Å². The van der Waals surface area contributed by atoms with Crippen LogP contribution in [0.1, 0.15) is 31.9 Å². The Hall–Kier alpha value is -2.55. The molecule has 1 N–H and O–H groups in total. The monoisotopic (exact) mass is 323 g/mol. The number of benzene rings is 2. The predicted octanol–water partition coefficient (Wildman–Crippen LogP) is 5.42. The van der Waals surface area contributed by atoms with E-state index in [1.807, 2.05) is 38.1 Å². The van der Waals surface area contributed by atoms with Crippen LogP contribution in [0.2, 0.25) is 0 Å². The molecular weight excluding hydrogens is 301 g/mol. The molecule has 1 aliphatic rings. The van der Waals surface area contributed by atoms with Crippen molar-refractivity contribution in [3.05, 3.63) is 77.6 Å². The second-order valence-electron chi connectivity index (χ2n) is 6.35. The number of nitrogens with one attached hydrogen (secondary N) is 1. The van der Waals surface area contributed by atoms with Gasteiger partial charge in [0.25, 0.3) is 0 Å². The Balaban J connectivity index is 2.24. The molecule has 0 amide bonds. The highest BCUT2D eigenvalue weighted by molar-refractivity contribution is 5.89. The Kier molecular flexibility index (Phi) is 4.18. The van der Waals surface area contributed by atoms with Crippen LogP contribution < -0.4 is 10.1 Å². The first-order valence-electron chi connectivity index (χ1n) is 8.16. The van der Waals surface area contributed by atoms with E-state index in [2.05, 4.69) is 18.8 Å². The smallest absolute Gasteiger partial charge is 0.130 e. The first-order chi connectivity index (χ1) is 11.5. The summed E-state index contributed by atoms with van der Waals surface area (Å²) in [6.07, 6.45) is 1.83. The minimum atomic E-state index is -0.511. The van der Waals surface area contributed by atoms with Crippen molar-refractivity contribution in [3.8, 4) is 5.75 Å². The summed E-state index contributed by atoms with van der Waals surface area (Å²) >= 11 is 0. The average molecular weight is 323 g/mol. The molecule has 0 aliphatic carbocycles. The van der Waals surface area contributed by atoms with E-state index < -0.39 is 5.60 Å². The van der Waals surface area contributed by atoms with Crippen LogP contribution in [0.15, 0.2) is 60.7 Å². The number of ether oxygens (including phenoxy) is 1. The lowest BCUT2D eigenvalue weighted by molar-refractivity contribution is 0.149. The third-order valence-corrected chi connectivity index (χ3v) is 4.25. The SMILES string of the molecule is C=CC1=C(c2ccc(F)cc2)c2ccc(NCC)cc2OC1(C)C. The average Bonchev–Trinajstić information content (AvgIpc) is 2.54. The van der Waals surface area contributed by atoms with Crippen LogP contribution in [0, 0.1) is 5.82 Å². The molecule has 0 saturated heterocycles. The summed E-state index contributed by atoms with van der Waals surface area (Å²) in [5.74, 6) is 0.580. The highest BCUT2D eigenvalue weighted by Gasteiger charge is 2.34. The van der Waals surface area contributed by atoms with Crippen molar-refractivity contribution >= 4 is 11.3 Å². The highest BCUT2D eigenvalue weighted by atomic mass is 19.1. The second-order valence-corrected chi connectivity index (χ2v) is 6.35. The molecule has 0 fully saturated rings. The molecule has 0 aromatic heterocycles. The topological polar surface area (TPSA) is 21.3 Å². The number of fused-ring (bicyclic) bond motifs is 1. The molecule has 124 valence electrons. The molecule has 3 heteroatoms. The first-order valence-corrected chi connectivity index (χ1v) is 8.16. The predicted molar refractivity (Wildman–Crippen MR) is 97.9 cm³/mol. The number of hydrogen-bond acceptors (Lipinski definition) is 2. The van der Waals surface area contributed by atoms with Crippen LogP contribution in [0.5, 0.6) is 5.75 Å². The van der Waals surface area contributed by atoms with E-state index in [0.29, 0.717) is 0 Å². The number of rotatable bonds is 4. The van der Waals surface area contributed by atoms with Crippen molar-refractivity contribution in [3.63, 3.8) is 0 Å². The normalized spacial score (nSPS) is 15.5. The Labute approximate surface area is 142 Å². The fourth-order valence-electron chi connectivity index (χ4n) is 3.18. The molecule has 2 nitrogen and oxygen atoms in total. The minimum Gasteiger partial charge on any atom is -0.482 e. The number of hydrogen-bond donors (Lipinski definition) is 1. The molecular formula is C21H22FNO. The van der Waals surface area contributed by atoms with Gasteiger partial charge in [-0.25, -0.2) is 4.39 Å². The second kappa shape index (κ2) is 6.16. The van der Waals surface area contributed by atoms with Crippen molar-refractivity contribution in [2.75, 3.05) is 11.9 Å². The minimum absolute atomic E-state index is 0.242. The van der Waals surface area contributed by atoms with E-state index in [0.717, 1.165) is 40.3 Å². The van der Waals surface area contributed by atoms with Gasteiger partial charge in [-0.05, 0) is 56.2 Å². The van der Waals surface area contributed by atoms with E-state index in [1.54, 1.807) is 12.1 Å². The molecule has 0 bridgehead atoms. The maximum Gasteiger partial charge on any atom is 0.130 e. The Morgan fingerprint density at radius 2 is 1.88 bits per heavy atom. The van der Waals surface area contributed by atoms with E-state index in [9.17, 15) is 4.39 Å². The van der Waals surface area contributed by atoms with Gasteiger partial charge >= 0.3 is 0 Å². The molecule has 2 aromatic rings. The van der Waals surface area contributed by atoms with Gasteiger partial charge in [0.2, 0.25) is 0 Å². The van der Waals surface area contributed by atoms with Crippen LogP contribution in [-0.4, -0.2) is 12.1 Å². The largest absolute Gasteiger partial charge is 0.482 e. The van der Waals surface area contributed by atoms with Crippen molar-refractivity contribution in [1.29, 1.82) is 0 Å². The third-order valence-electron chi connectivity index (χ3n) is 4.25. The van der Waals surface area contributed by atoms with Crippen LogP contribution in [-0.2, 0) is 0 Å². The van der Waals surface area contributed by atoms with Crippen molar-refractivity contribution < 1.29 is 9.13 Å². The van der Waals surface area contributed by atoms with Crippen LogP contribution in [0.25, 0.3) is 5.57 Å². The van der Waals surface area contributed by atoms with E-state index in [1.165, 1.54) is 12.1 Å². The van der Waals surface area contributed by atoms with Crippen molar-refractivity contribution in [2.45, 2.75) is 26.4 Å². The summed E-state index contributed by atoms with van der Waals surface area (Å²) in [4.78, 5) is 0. The van der Waals surface area contributed by atoms with Gasteiger partial charge in [-0.1, -0.05) is 24.8 Å². The fourth-order valence-corrected chi connectivity index (χ4v) is 3.18. The third kappa shape index (κ3) is 2.82. The summed E-state index contributed by atoms with van der Waals surface area (Å²) in [5.41, 5.74) is 4.51. The van der Waals surface area contributed by atoms with Gasteiger partial charge in [0.15, 0.2) is 0 Å². The summed E-state index contributed by atoms with van der Waals surface area (Å²) in [7, 11) is 0. The zero-order valence-corrected chi connectivity index (χ0v) is 14.3. The Morgan fingerprint density at radius 1 is 1.17 bits per heavy atom. The van der Waals surface area contributed by atoms with Gasteiger partial charge in [0.05, 0.1) is 0 Å². The standard InChI is InChI=1S/C21H22FNO/c1-5-18-20(14-7-9-15(22)10-8-14)17-12-11-16(23-6-2)13-19(17)24-21(18,3)4/h5,7-13,23H,1,6H2,2-4H3. The number of anilines is 1. The lowest BCUT2D eigenvalue weighted by Crippen LogP contribution is -2.34. The molecule has 1 heterocycles. The van der Waals surface area contributed by atoms with Gasteiger partial charge in [0, 0.05) is 29.4 Å². The lowest BCUT2D eigenvalue weighted by Gasteiger charge is -2.36. The highest BCUT2D eigenvalue weighted by Crippen LogP contribution is 2.45. The van der Waals surface area contributed by atoms with Crippen LogP contribution in [0.4, 0.5) is 10.1 Å².